The van der Waals surface area contributed by atoms with Gasteiger partial charge in [-0.25, -0.2) is 0 Å². The number of aliphatic hydroxyl groups is 1. The normalized spacial score (nSPS) is 10.4. The van der Waals surface area contributed by atoms with E-state index in [0.29, 0.717) is 6.54 Å². The maximum absolute atomic E-state index is 8.90. The summed E-state index contributed by atoms with van der Waals surface area (Å²) < 4.78 is 5.45. The van der Waals surface area contributed by atoms with E-state index < -0.39 is 0 Å². The van der Waals surface area contributed by atoms with E-state index >= 15 is 0 Å². The van der Waals surface area contributed by atoms with Crippen molar-refractivity contribution in [2.24, 2.45) is 0 Å². The summed E-state index contributed by atoms with van der Waals surface area (Å²) in [5.41, 5.74) is 1.94. The molecule has 2 rings (SSSR count). The van der Waals surface area contributed by atoms with Crippen molar-refractivity contribution in [2.75, 3.05) is 5.32 Å². The van der Waals surface area contributed by atoms with Crippen molar-refractivity contribution in [3.8, 4) is 0 Å². The summed E-state index contributed by atoms with van der Waals surface area (Å²) >= 11 is 0. The molecule has 16 heavy (non-hydrogen) atoms. The highest BCUT2D eigenvalue weighted by atomic mass is 16.3. The molecule has 0 fully saturated rings. The highest BCUT2D eigenvalue weighted by Crippen LogP contribution is 2.12. The minimum absolute atomic E-state index is 0.0810. The number of furan rings is 1. The van der Waals surface area contributed by atoms with Crippen LogP contribution >= 0.6 is 0 Å². The maximum atomic E-state index is 8.90. The van der Waals surface area contributed by atoms with E-state index in [-0.39, 0.29) is 6.61 Å². The lowest BCUT2D eigenvalue weighted by atomic mass is 10.2. The van der Waals surface area contributed by atoms with Gasteiger partial charge in [-0.2, -0.15) is 0 Å². The van der Waals surface area contributed by atoms with Gasteiger partial charge >= 0.3 is 0 Å². The van der Waals surface area contributed by atoms with Crippen molar-refractivity contribution in [3.05, 3.63) is 53.5 Å². The van der Waals surface area contributed by atoms with Crippen LogP contribution in [0.5, 0.6) is 0 Å². The number of nitrogens with one attached hydrogen (secondary N) is 1. The Labute approximate surface area is 94.7 Å². The van der Waals surface area contributed by atoms with Gasteiger partial charge in [0.25, 0.3) is 0 Å². The first-order valence-corrected chi connectivity index (χ1v) is 5.27. The zero-order valence-electron chi connectivity index (χ0n) is 9.23. The van der Waals surface area contributed by atoms with Gasteiger partial charge in [-0.3, -0.25) is 0 Å². The molecule has 0 radical (unpaired) electrons. The van der Waals surface area contributed by atoms with Crippen LogP contribution in [0.3, 0.4) is 0 Å². The second kappa shape index (κ2) is 4.86. The molecule has 0 aliphatic carbocycles. The van der Waals surface area contributed by atoms with E-state index in [4.69, 9.17) is 9.52 Å². The fraction of sp³-hybridized carbons (Fsp3) is 0.231. The fourth-order valence-electron chi connectivity index (χ4n) is 1.50. The molecule has 0 bridgehead atoms. The molecule has 2 N–H and O–H groups in total. The van der Waals surface area contributed by atoms with Crippen molar-refractivity contribution in [1.29, 1.82) is 0 Å². The average molecular weight is 217 g/mol. The van der Waals surface area contributed by atoms with Crippen molar-refractivity contribution in [2.45, 2.75) is 20.1 Å². The third-order valence-corrected chi connectivity index (χ3v) is 2.40. The van der Waals surface area contributed by atoms with E-state index in [0.717, 1.165) is 22.8 Å². The molecule has 84 valence electrons. The lowest BCUT2D eigenvalue weighted by Gasteiger charge is -2.04. The van der Waals surface area contributed by atoms with Crippen LogP contribution in [0.25, 0.3) is 0 Å². The lowest BCUT2D eigenvalue weighted by molar-refractivity contribution is 0.282. The highest BCUT2D eigenvalue weighted by molar-refractivity contribution is 5.44. The molecular weight excluding hydrogens is 202 g/mol. The van der Waals surface area contributed by atoms with E-state index in [9.17, 15) is 0 Å². The van der Waals surface area contributed by atoms with Gasteiger partial charge in [0.15, 0.2) is 0 Å². The zero-order chi connectivity index (χ0) is 11.4. The number of anilines is 1. The van der Waals surface area contributed by atoms with Crippen LogP contribution in [-0.4, -0.2) is 5.11 Å². The lowest BCUT2D eigenvalue weighted by Crippen LogP contribution is -1.98. The van der Waals surface area contributed by atoms with Gasteiger partial charge in [-0.1, -0.05) is 12.1 Å². The molecule has 0 saturated carbocycles. The fourth-order valence-corrected chi connectivity index (χ4v) is 1.50. The zero-order valence-corrected chi connectivity index (χ0v) is 9.23. The highest BCUT2D eigenvalue weighted by Gasteiger charge is 1.98. The van der Waals surface area contributed by atoms with E-state index in [1.54, 1.807) is 0 Å². The topological polar surface area (TPSA) is 45.4 Å². The molecule has 0 unspecified atom stereocenters. The second-order valence-electron chi connectivity index (χ2n) is 3.72. The monoisotopic (exact) mass is 217 g/mol. The number of aryl methyl sites for hydroxylation is 1. The summed E-state index contributed by atoms with van der Waals surface area (Å²) in [4.78, 5) is 0. The first-order chi connectivity index (χ1) is 7.78. The summed E-state index contributed by atoms with van der Waals surface area (Å²) in [7, 11) is 0. The molecule has 0 amide bonds. The Kier molecular flexibility index (Phi) is 3.27. The van der Waals surface area contributed by atoms with Crippen molar-refractivity contribution in [1.82, 2.24) is 0 Å². The smallest absolute Gasteiger partial charge is 0.123 e. The molecule has 0 aliphatic heterocycles. The first kappa shape index (κ1) is 10.8. The van der Waals surface area contributed by atoms with Crippen LogP contribution in [0.2, 0.25) is 0 Å². The molecule has 1 aromatic heterocycles. The van der Waals surface area contributed by atoms with Crippen LogP contribution in [0.1, 0.15) is 17.1 Å². The minimum Gasteiger partial charge on any atom is -0.465 e. The molecule has 1 heterocycles. The van der Waals surface area contributed by atoms with Crippen molar-refractivity contribution >= 4 is 5.69 Å². The summed E-state index contributed by atoms with van der Waals surface area (Å²) in [6, 6.07) is 11.6. The second-order valence-corrected chi connectivity index (χ2v) is 3.72. The molecule has 1 aromatic carbocycles. The van der Waals surface area contributed by atoms with Crippen LogP contribution in [-0.2, 0) is 13.2 Å². The Hall–Kier alpha value is -1.74. The third-order valence-electron chi connectivity index (χ3n) is 2.40. The molecule has 0 spiro atoms. The van der Waals surface area contributed by atoms with Crippen LogP contribution in [0.15, 0.2) is 40.8 Å². The van der Waals surface area contributed by atoms with Gasteiger partial charge in [-0.15, -0.1) is 0 Å². The average Bonchev–Trinajstić information content (AvgIpc) is 2.73. The Morgan fingerprint density at radius 1 is 1.12 bits per heavy atom. The van der Waals surface area contributed by atoms with E-state index in [1.807, 2.05) is 43.3 Å². The molecule has 0 atom stereocenters. The van der Waals surface area contributed by atoms with E-state index in [1.165, 1.54) is 0 Å². The Bertz CT molecular complexity index is 445. The van der Waals surface area contributed by atoms with E-state index in [2.05, 4.69) is 5.32 Å². The van der Waals surface area contributed by atoms with Gasteiger partial charge in [0.2, 0.25) is 0 Å². The number of benzene rings is 1. The van der Waals surface area contributed by atoms with Crippen LogP contribution in [0.4, 0.5) is 5.69 Å². The van der Waals surface area contributed by atoms with Crippen LogP contribution in [0, 0.1) is 6.92 Å². The van der Waals surface area contributed by atoms with Gasteiger partial charge in [0.1, 0.15) is 11.5 Å². The summed E-state index contributed by atoms with van der Waals surface area (Å²) in [5, 5.41) is 12.2. The van der Waals surface area contributed by atoms with Crippen molar-refractivity contribution < 1.29 is 9.52 Å². The molecule has 3 heteroatoms. The Balaban J connectivity index is 1.94. The quantitative estimate of drug-likeness (QED) is 0.827. The van der Waals surface area contributed by atoms with Crippen molar-refractivity contribution in [3.63, 3.8) is 0 Å². The number of hydrogen-bond donors (Lipinski definition) is 2. The SMILES string of the molecule is Cc1ccc(CNc2ccc(CO)cc2)o1. The number of hydrogen-bond acceptors (Lipinski definition) is 3. The summed E-state index contributed by atoms with van der Waals surface area (Å²) in [6.45, 7) is 2.68. The van der Waals surface area contributed by atoms with Crippen LogP contribution < -0.4 is 5.32 Å². The molecule has 0 saturated heterocycles. The molecular formula is C13H15NO2. The van der Waals surface area contributed by atoms with Gasteiger partial charge in [-0.05, 0) is 36.8 Å². The Morgan fingerprint density at radius 3 is 2.44 bits per heavy atom. The Morgan fingerprint density at radius 2 is 1.88 bits per heavy atom. The number of aliphatic hydroxyl groups excluding tert-OH is 1. The van der Waals surface area contributed by atoms with Gasteiger partial charge in [0.05, 0.1) is 13.2 Å². The molecule has 2 aromatic rings. The summed E-state index contributed by atoms with van der Waals surface area (Å²) in [6.07, 6.45) is 0. The van der Waals surface area contributed by atoms with Gasteiger partial charge < -0.3 is 14.8 Å². The third kappa shape index (κ3) is 2.64. The molecule has 0 aliphatic rings. The molecule has 3 nitrogen and oxygen atoms in total. The standard InChI is InChI=1S/C13H15NO2/c1-10-2-7-13(16-10)8-14-12-5-3-11(9-15)4-6-12/h2-7,14-15H,8-9H2,1H3. The minimum atomic E-state index is 0.0810. The summed E-state index contributed by atoms with van der Waals surface area (Å²) in [5.74, 6) is 1.84. The predicted molar refractivity (Wildman–Crippen MR) is 63.1 cm³/mol. The number of rotatable bonds is 4. The maximum Gasteiger partial charge on any atom is 0.123 e. The van der Waals surface area contributed by atoms with Gasteiger partial charge in [0, 0.05) is 5.69 Å². The predicted octanol–water partition coefficient (Wildman–Crippen LogP) is 2.69. The largest absolute Gasteiger partial charge is 0.465 e. The first-order valence-electron chi connectivity index (χ1n) is 5.27.